The van der Waals surface area contributed by atoms with Crippen LogP contribution in [0.25, 0.3) is 11.1 Å². The second-order valence-corrected chi connectivity index (χ2v) is 6.46. The summed E-state index contributed by atoms with van der Waals surface area (Å²) in [5.41, 5.74) is 12.2. The minimum Gasteiger partial charge on any atom is -0.454 e. The van der Waals surface area contributed by atoms with Crippen LogP contribution in [0.15, 0.2) is 36.5 Å². The van der Waals surface area contributed by atoms with Gasteiger partial charge in [-0.3, -0.25) is 0 Å². The van der Waals surface area contributed by atoms with Gasteiger partial charge in [-0.1, -0.05) is 23.8 Å². The van der Waals surface area contributed by atoms with Crippen molar-refractivity contribution in [3.63, 3.8) is 0 Å². The summed E-state index contributed by atoms with van der Waals surface area (Å²) in [4.78, 5) is 8.59. The van der Waals surface area contributed by atoms with Crippen molar-refractivity contribution < 1.29 is 9.47 Å². The standard InChI is InChI=1S/C20H20N4O2/c1-11-6-12(2)18(13(3)7-11)23-19-15(9-22-20(21)24-19)14-4-5-16-17(8-14)26-10-25-16/h4-9H,10H2,1-3H3,(H3,21,22,23,24). The summed E-state index contributed by atoms with van der Waals surface area (Å²) in [6.07, 6.45) is 1.72. The van der Waals surface area contributed by atoms with Crippen molar-refractivity contribution in [1.29, 1.82) is 0 Å². The summed E-state index contributed by atoms with van der Waals surface area (Å²) in [5.74, 6) is 2.34. The summed E-state index contributed by atoms with van der Waals surface area (Å²) in [7, 11) is 0. The van der Waals surface area contributed by atoms with Gasteiger partial charge in [0.15, 0.2) is 11.5 Å². The fourth-order valence-corrected chi connectivity index (χ4v) is 3.26. The first-order valence-electron chi connectivity index (χ1n) is 8.38. The Hall–Kier alpha value is -3.28. The van der Waals surface area contributed by atoms with Crippen LogP contribution in [0.4, 0.5) is 17.5 Å². The van der Waals surface area contributed by atoms with Gasteiger partial charge in [0.05, 0.1) is 0 Å². The third-order valence-electron chi connectivity index (χ3n) is 4.41. The molecule has 0 fully saturated rings. The van der Waals surface area contributed by atoms with Crippen molar-refractivity contribution in [2.45, 2.75) is 20.8 Å². The summed E-state index contributed by atoms with van der Waals surface area (Å²) >= 11 is 0. The Morgan fingerprint density at radius 1 is 1.00 bits per heavy atom. The van der Waals surface area contributed by atoms with Gasteiger partial charge in [0.1, 0.15) is 5.82 Å². The first-order valence-corrected chi connectivity index (χ1v) is 8.38. The number of anilines is 3. The Balaban J connectivity index is 1.79. The molecule has 26 heavy (non-hydrogen) atoms. The molecule has 0 spiro atoms. The number of hydrogen-bond donors (Lipinski definition) is 2. The zero-order valence-corrected chi connectivity index (χ0v) is 15.0. The van der Waals surface area contributed by atoms with E-state index in [1.54, 1.807) is 6.20 Å². The van der Waals surface area contributed by atoms with Crippen LogP contribution in [0, 0.1) is 20.8 Å². The minimum atomic E-state index is 0.222. The highest BCUT2D eigenvalue weighted by atomic mass is 16.7. The zero-order valence-electron chi connectivity index (χ0n) is 15.0. The van der Waals surface area contributed by atoms with Gasteiger partial charge in [0.2, 0.25) is 12.7 Å². The van der Waals surface area contributed by atoms with Crippen LogP contribution in [0.1, 0.15) is 16.7 Å². The van der Waals surface area contributed by atoms with Gasteiger partial charge in [-0.25, -0.2) is 4.98 Å². The predicted octanol–water partition coefficient (Wildman–Crippen LogP) is 4.12. The van der Waals surface area contributed by atoms with E-state index in [9.17, 15) is 0 Å². The summed E-state index contributed by atoms with van der Waals surface area (Å²) < 4.78 is 10.9. The van der Waals surface area contributed by atoms with Crippen molar-refractivity contribution in [2.24, 2.45) is 0 Å². The molecule has 3 N–H and O–H groups in total. The largest absolute Gasteiger partial charge is 0.454 e. The lowest BCUT2D eigenvalue weighted by atomic mass is 10.0. The minimum absolute atomic E-state index is 0.222. The number of nitrogens with two attached hydrogens (primary N) is 1. The summed E-state index contributed by atoms with van der Waals surface area (Å²) in [5, 5.41) is 3.44. The van der Waals surface area contributed by atoms with Crippen LogP contribution >= 0.6 is 0 Å². The van der Waals surface area contributed by atoms with Gasteiger partial charge >= 0.3 is 0 Å². The van der Waals surface area contributed by atoms with E-state index in [2.05, 4.69) is 48.2 Å². The molecule has 132 valence electrons. The first kappa shape index (κ1) is 16.2. The van der Waals surface area contributed by atoms with Crippen molar-refractivity contribution in [3.8, 4) is 22.6 Å². The van der Waals surface area contributed by atoms with Crippen LogP contribution in [-0.4, -0.2) is 16.8 Å². The summed E-state index contributed by atoms with van der Waals surface area (Å²) in [6, 6.07) is 10.1. The van der Waals surface area contributed by atoms with E-state index < -0.39 is 0 Å². The highest BCUT2D eigenvalue weighted by Gasteiger charge is 2.17. The van der Waals surface area contributed by atoms with Gasteiger partial charge in [0.25, 0.3) is 0 Å². The van der Waals surface area contributed by atoms with Crippen LogP contribution in [-0.2, 0) is 0 Å². The molecule has 0 saturated heterocycles. The topological polar surface area (TPSA) is 82.3 Å². The van der Waals surface area contributed by atoms with E-state index >= 15 is 0 Å². The summed E-state index contributed by atoms with van der Waals surface area (Å²) in [6.45, 7) is 6.48. The monoisotopic (exact) mass is 348 g/mol. The third kappa shape index (κ3) is 2.90. The number of nitrogen functional groups attached to an aromatic ring is 1. The highest BCUT2D eigenvalue weighted by Crippen LogP contribution is 2.38. The van der Waals surface area contributed by atoms with Crippen molar-refractivity contribution in [3.05, 3.63) is 53.2 Å². The lowest BCUT2D eigenvalue weighted by molar-refractivity contribution is 0.174. The molecule has 1 aromatic heterocycles. The Kier molecular flexibility index (Phi) is 3.88. The maximum absolute atomic E-state index is 5.84. The number of rotatable bonds is 3. The lowest BCUT2D eigenvalue weighted by Crippen LogP contribution is -2.04. The maximum atomic E-state index is 5.84. The van der Waals surface area contributed by atoms with E-state index in [1.165, 1.54) is 5.56 Å². The molecule has 6 nitrogen and oxygen atoms in total. The number of hydrogen-bond acceptors (Lipinski definition) is 6. The zero-order chi connectivity index (χ0) is 18.3. The highest BCUT2D eigenvalue weighted by molar-refractivity contribution is 5.81. The number of nitrogens with zero attached hydrogens (tertiary/aromatic N) is 2. The van der Waals surface area contributed by atoms with E-state index in [0.717, 1.165) is 33.7 Å². The molecule has 4 rings (SSSR count). The average Bonchev–Trinajstić information content (AvgIpc) is 3.06. The van der Waals surface area contributed by atoms with Gasteiger partial charge < -0.3 is 20.5 Å². The fraction of sp³-hybridized carbons (Fsp3) is 0.200. The Morgan fingerprint density at radius 3 is 2.50 bits per heavy atom. The van der Waals surface area contributed by atoms with E-state index in [1.807, 2.05) is 18.2 Å². The first-order chi connectivity index (χ1) is 12.5. The number of aromatic nitrogens is 2. The molecule has 1 aliphatic rings. The molecule has 2 aromatic carbocycles. The molecule has 0 bridgehead atoms. The number of nitrogens with one attached hydrogen (secondary N) is 1. The predicted molar refractivity (Wildman–Crippen MR) is 102 cm³/mol. The molecular weight excluding hydrogens is 328 g/mol. The molecule has 1 aliphatic heterocycles. The Morgan fingerprint density at radius 2 is 1.73 bits per heavy atom. The molecule has 0 amide bonds. The van der Waals surface area contributed by atoms with Crippen LogP contribution < -0.4 is 20.5 Å². The van der Waals surface area contributed by atoms with E-state index in [0.29, 0.717) is 11.6 Å². The molecular formula is C20H20N4O2. The number of ether oxygens (including phenoxy) is 2. The van der Waals surface area contributed by atoms with Gasteiger partial charge in [-0.15, -0.1) is 0 Å². The van der Waals surface area contributed by atoms with Crippen LogP contribution in [0.3, 0.4) is 0 Å². The molecule has 0 saturated carbocycles. The van der Waals surface area contributed by atoms with Crippen molar-refractivity contribution in [2.75, 3.05) is 17.8 Å². The Bertz CT molecular complexity index is 978. The normalized spacial score (nSPS) is 12.3. The molecule has 2 heterocycles. The van der Waals surface area contributed by atoms with Crippen LogP contribution in [0.5, 0.6) is 11.5 Å². The lowest BCUT2D eigenvalue weighted by Gasteiger charge is -2.16. The fourth-order valence-electron chi connectivity index (χ4n) is 3.26. The van der Waals surface area contributed by atoms with Gasteiger partial charge in [0, 0.05) is 17.4 Å². The molecule has 0 aliphatic carbocycles. The second-order valence-electron chi connectivity index (χ2n) is 6.46. The molecule has 3 aromatic rings. The number of fused-ring (bicyclic) bond motifs is 1. The maximum Gasteiger partial charge on any atom is 0.231 e. The molecule has 6 heteroatoms. The van der Waals surface area contributed by atoms with Gasteiger partial charge in [-0.2, -0.15) is 4.98 Å². The average molecular weight is 348 g/mol. The van der Waals surface area contributed by atoms with Gasteiger partial charge in [-0.05, 0) is 49.6 Å². The SMILES string of the molecule is Cc1cc(C)c(Nc2nc(N)ncc2-c2ccc3c(c2)OCO3)c(C)c1. The number of benzene rings is 2. The Labute approximate surface area is 152 Å². The molecule has 0 unspecified atom stereocenters. The van der Waals surface area contributed by atoms with Crippen molar-refractivity contribution in [1.82, 2.24) is 9.97 Å². The number of aryl methyl sites for hydroxylation is 3. The van der Waals surface area contributed by atoms with Crippen molar-refractivity contribution >= 4 is 17.5 Å². The molecule has 0 atom stereocenters. The molecule has 0 radical (unpaired) electrons. The van der Waals surface area contributed by atoms with E-state index in [-0.39, 0.29) is 12.7 Å². The third-order valence-corrected chi connectivity index (χ3v) is 4.41. The smallest absolute Gasteiger partial charge is 0.231 e. The van der Waals surface area contributed by atoms with E-state index in [4.69, 9.17) is 15.2 Å². The van der Waals surface area contributed by atoms with Crippen LogP contribution in [0.2, 0.25) is 0 Å². The quantitative estimate of drug-likeness (QED) is 0.741. The second kappa shape index (κ2) is 6.22.